The Labute approximate surface area is 67.9 Å². The van der Waals surface area contributed by atoms with Gasteiger partial charge in [-0.1, -0.05) is 19.9 Å². The van der Waals surface area contributed by atoms with Gasteiger partial charge in [0.1, 0.15) is 0 Å². The lowest BCUT2D eigenvalue weighted by molar-refractivity contribution is 0.239. The first-order valence-electron chi connectivity index (χ1n) is 3.61. The van der Waals surface area contributed by atoms with Crippen molar-refractivity contribution in [3.8, 4) is 0 Å². The van der Waals surface area contributed by atoms with E-state index >= 15 is 0 Å². The van der Waals surface area contributed by atoms with Crippen LogP contribution in [0.3, 0.4) is 0 Å². The number of rotatable bonds is 3. The van der Waals surface area contributed by atoms with Crippen molar-refractivity contribution in [2.75, 3.05) is 13.6 Å². The number of nitrogens with one attached hydrogen (secondary N) is 2. The van der Waals surface area contributed by atoms with Gasteiger partial charge in [-0.05, 0) is 5.41 Å². The summed E-state index contributed by atoms with van der Waals surface area (Å²) in [5, 5.41) is 5.18. The number of carbonyl (C=O) groups is 1. The van der Waals surface area contributed by atoms with Crippen LogP contribution < -0.4 is 10.6 Å². The summed E-state index contributed by atoms with van der Waals surface area (Å²) in [4.78, 5) is 10.7. The maximum Gasteiger partial charge on any atom is 0.314 e. The van der Waals surface area contributed by atoms with E-state index in [9.17, 15) is 4.79 Å². The minimum absolute atomic E-state index is 0.0352. The van der Waals surface area contributed by atoms with Crippen molar-refractivity contribution in [2.45, 2.75) is 13.8 Å². The van der Waals surface area contributed by atoms with Crippen LogP contribution in [0.5, 0.6) is 0 Å². The van der Waals surface area contributed by atoms with Crippen LogP contribution in [0.25, 0.3) is 0 Å². The van der Waals surface area contributed by atoms with Crippen molar-refractivity contribution in [3.05, 3.63) is 12.7 Å². The molecule has 0 aliphatic rings. The molecule has 0 fully saturated rings. The normalized spacial score (nSPS) is 10.5. The number of hydrogen-bond donors (Lipinski definition) is 2. The average molecular weight is 156 g/mol. The molecule has 0 bridgehead atoms. The third-order valence-corrected chi connectivity index (χ3v) is 1.48. The molecule has 0 aromatic heterocycles. The van der Waals surface area contributed by atoms with Gasteiger partial charge in [-0.2, -0.15) is 0 Å². The van der Waals surface area contributed by atoms with Crippen molar-refractivity contribution >= 4 is 6.03 Å². The number of carbonyl (C=O) groups excluding carboxylic acids is 1. The third kappa shape index (κ3) is 4.42. The van der Waals surface area contributed by atoms with Crippen LogP contribution in [0.2, 0.25) is 0 Å². The molecule has 0 unspecified atom stereocenters. The molecule has 0 aromatic carbocycles. The smallest absolute Gasteiger partial charge is 0.314 e. The molecule has 0 aliphatic heterocycles. The fourth-order valence-electron chi connectivity index (χ4n) is 0.469. The van der Waals surface area contributed by atoms with E-state index in [0.717, 1.165) is 0 Å². The lowest BCUT2D eigenvalue weighted by Crippen LogP contribution is -2.38. The van der Waals surface area contributed by atoms with E-state index in [4.69, 9.17) is 0 Å². The van der Waals surface area contributed by atoms with Gasteiger partial charge in [0.25, 0.3) is 0 Å². The molecule has 0 rings (SSSR count). The Morgan fingerprint density at radius 2 is 2.18 bits per heavy atom. The second-order valence-electron chi connectivity index (χ2n) is 3.13. The van der Waals surface area contributed by atoms with E-state index in [1.54, 1.807) is 7.05 Å². The predicted molar refractivity (Wildman–Crippen MR) is 46.4 cm³/mol. The summed E-state index contributed by atoms with van der Waals surface area (Å²) in [5.41, 5.74) is -0.0352. The first-order valence-corrected chi connectivity index (χ1v) is 3.61. The van der Waals surface area contributed by atoms with Crippen LogP contribution in [0.15, 0.2) is 12.7 Å². The van der Waals surface area contributed by atoms with Gasteiger partial charge in [0.2, 0.25) is 0 Å². The zero-order valence-electron chi connectivity index (χ0n) is 7.40. The second-order valence-corrected chi connectivity index (χ2v) is 3.13. The summed E-state index contributed by atoms with van der Waals surface area (Å²) in [7, 11) is 1.59. The Balaban J connectivity index is 3.69. The summed E-state index contributed by atoms with van der Waals surface area (Å²) in [6, 6.07) is -0.153. The van der Waals surface area contributed by atoms with Gasteiger partial charge in [0, 0.05) is 13.6 Å². The summed E-state index contributed by atoms with van der Waals surface area (Å²) in [6.07, 6.45) is 1.82. The van der Waals surface area contributed by atoms with Crippen molar-refractivity contribution in [1.29, 1.82) is 0 Å². The maximum absolute atomic E-state index is 10.7. The third-order valence-electron chi connectivity index (χ3n) is 1.48. The van der Waals surface area contributed by atoms with Gasteiger partial charge in [-0.3, -0.25) is 0 Å². The molecular weight excluding hydrogens is 140 g/mol. The van der Waals surface area contributed by atoms with Crippen LogP contribution in [-0.2, 0) is 0 Å². The summed E-state index contributed by atoms with van der Waals surface area (Å²) >= 11 is 0. The van der Waals surface area contributed by atoms with Gasteiger partial charge < -0.3 is 10.6 Å². The molecule has 0 saturated heterocycles. The Bertz CT molecular complexity index is 152. The monoisotopic (exact) mass is 156 g/mol. The molecule has 11 heavy (non-hydrogen) atoms. The molecule has 0 saturated carbocycles. The van der Waals surface area contributed by atoms with Gasteiger partial charge >= 0.3 is 6.03 Å². The highest BCUT2D eigenvalue weighted by molar-refractivity contribution is 5.73. The van der Waals surface area contributed by atoms with Crippen LogP contribution in [0.4, 0.5) is 4.79 Å². The minimum atomic E-state index is -0.153. The van der Waals surface area contributed by atoms with Gasteiger partial charge in [-0.15, -0.1) is 6.58 Å². The highest BCUT2D eigenvalue weighted by Crippen LogP contribution is 2.13. The molecule has 0 heterocycles. The predicted octanol–water partition coefficient (Wildman–Crippen LogP) is 1.13. The second kappa shape index (κ2) is 4.01. The SMILES string of the molecule is C=CC(C)(C)CNC(=O)NC. The molecule has 0 spiro atoms. The molecule has 0 atom stereocenters. The van der Waals surface area contributed by atoms with Crippen molar-refractivity contribution in [3.63, 3.8) is 0 Å². The molecule has 0 aliphatic carbocycles. The largest absolute Gasteiger partial charge is 0.341 e. The van der Waals surface area contributed by atoms with Gasteiger partial charge in [0.05, 0.1) is 0 Å². The van der Waals surface area contributed by atoms with Crippen LogP contribution >= 0.6 is 0 Å². The fourth-order valence-corrected chi connectivity index (χ4v) is 0.469. The van der Waals surface area contributed by atoms with Crippen LogP contribution in [0.1, 0.15) is 13.8 Å². The first-order chi connectivity index (χ1) is 5.02. The van der Waals surface area contributed by atoms with E-state index in [0.29, 0.717) is 6.54 Å². The maximum atomic E-state index is 10.7. The number of hydrogen-bond acceptors (Lipinski definition) is 1. The minimum Gasteiger partial charge on any atom is -0.341 e. The van der Waals surface area contributed by atoms with Crippen molar-refractivity contribution < 1.29 is 4.79 Å². The van der Waals surface area contributed by atoms with Gasteiger partial charge in [0.15, 0.2) is 0 Å². The van der Waals surface area contributed by atoms with E-state index in [1.807, 2.05) is 19.9 Å². The highest BCUT2D eigenvalue weighted by Gasteiger charge is 2.12. The zero-order valence-corrected chi connectivity index (χ0v) is 7.40. The fraction of sp³-hybridized carbons (Fsp3) is 0.625. The van der Waals surface area contributed by atoms with Crippen molar-refractivity contribution in [2.24, 2.45) is 5.41 Å². The van der Waals surface area contributed by atoms with Crippen LogP contribution in [-0.4, -0.2) is 19.6 Å². The van der Waals surface area contributed by atoms with Crippen molar-refractivity contribution in [1.82, 2.24) is 10.6 Å². The molecule has 64 valence electrons. The molecule has 0 radical (unpaired) electrons. The lowest BCUT2D eigenvalue weighted by Gasteiger charge is -2.19. The molecule has 2 N–H and O–H groups in total. The Hall–Kier alpha value is -0.990. The van der Waals surface area contributed by atoms with E-state index in [-0.39, 0.29) is 11.4 Å². The van der Waals surface area contributed by atoms with E-state index < -0.39 is 0 Å². The summed E-state index contributed by atoms with van der Waals surface area (Å²) in [6.45, 7) is 8.29. The van der Waals surface area contributed by atoms with E-state index in [2.05, 4.69) is 17.2 Å². The zero-order chi connectivity index (χ0) is 8.91. The topological polar surface area (TPSA) is 41.1 Å². The highest BCUT2D eigenvalue weighted by atomic mass is 16.2. The van der Waals surface area contributed by atoms with Gasteiger partial charge in [-0.25, -0.2) is 4.79 Å². The number of urea groups is 1. The summed E-state index contributed by atoms with van der Waals surface area (Å²) < 4.78 is 0. The Morgan fingerprint density at radius 1 is 1.64 bits per heavy atom. The molecule has 3 nitrogen and oxygen atoms in total. The van der Waals surface area contributed by atoms with Crippen LogP contribution in [0, 0.1) is 5.41 Å². The molecule has 3 heteroatoms. The number of amides is 2. The quantitative estimate of drug-likeness (QED) is 0.591. The average Bonchev–Trinajstić information content (AvgIpc) is 2.00. The Kier molecular flexibility index (Phi) is 3.65. The molecular formula is C8H16N2O. The molecule has 0 aromatic rings. The lowest BCUT2D eigenvalue weighted by atomic mass is 9.94. The van der Waals surface area contributed by atoms with E-state index in [1.165, 1.54) is 0 Å². The standard InChI is InChI=1S/C8H16N2O/c1-5-8(2,3)6-10-7(11)9-4/h5H,1,6H2,2-4H3,(H2,9,10,11). The molecule has 2 amide bonds. The summed E-state index contributed by atoms with van der Waals surface area (Å²) in [5.74, 6) is 0. The first kappa shape index (κ1) is 10.0. The Morgan fingerprint density at radius 3 is 2.55 bits per heavy atom.